The number of ether oxygens (including phenoxy) is 2. The Morgan fingerprint density at radius 2 is 2.24 bits per heavy atom. The first-order valence-corrected chi connectivity index (χ1v) is 6.59. The van der Waals surface area contributed by atoms with Crippen molar-refractivity contribution in [2.24, 2.45) is 0 Å². The monoisotopic (exact) mass is 292 g/mol. The van der Waals surface area contributed by atoms with E-state index in [0.29, 0.717) is 35.3 Å². The zero-order chi connectivity index (χ0) is 15.4. The maximum absolute atomic E-state index is 11.2. The van der Waals surface area contributed by atoms with Crippen molar-refractivity contribution in [1.82, 2.24) is 4.98 Å². The molecule has 0 aliphatic heterocycles. The molecule has 21 heavy (non-hydrogen) atoms. The summed E-state index contributed by atoms with van der Waals surface area (Å²) in [5, 5.41) is 11.8. The Kier molecular flexibility index (Phi) is 4.42. The van der Waals surface area contributed by atoms with Crippen LogP contribution in [0.4, 0.5) is 5.69 Å². The van der Waals surface area contributed by atoms with Crippen LogP contribution in [0.25, 0.3) is 10.9 Å². The van der Waals surface area contributed by atoms with Crippen molar-refractivity contribution in [1.29, 1.82) is 0 Å². The van der Waals surface area contributed by atoms with Crippen molar-refractivity contribution in [2.75, 3.05) is 6.61 Å². The van der Waals surface area contributed by atoms with Crippen LogP contribution in [0.15, 0.2) is 18.3 Å². The van der Waals surface area contributed by atoms with Crippen LogP contribution >= 0.6 is 0 Å². The van der Waals surface area contributed by atoms with Crippen molar-refractivity contribution in [3.05, 3.63) is 34.0 Å². The highest BCUT2D eigenvalue weighted by atomic mass is 16.6. The van der Waals surface area contributed by atoms with E-state index in [0.717, 1.165) is 6.42 Å². The lowest BCUT2D eigenvalue weighted by atomic mass is 10.1. The standard InChI is InChI=1S/C14H16N2O5/c1-3-4-20-10-5-11-12(9(2)21-8-17)7-15-14(11)13(6-10)16(18)19/h5-9,15H,3-4H2,1-2H3. The smallest absolute Gasteiger partial charge is 0.296 e. The summed E-state index contributed by atoms with van der Waals surface area (Å²) in [6.45, 7) is 4.48. The molecule has 2 aromatic rings. The molecule has 0 aliphatic rings. The number of aromatic amines is 1. The normalized spacial score (nSPS) is 12.1. The Morgan fingerprint density at radius 3 is 2.86 bits per heavy atom. The van der Waals surface area contributed by atoms with Gasteiger partial charge in [-0.1, -0.05) is 6.92 Å². The van der Waals surface area contributed by atoms with E-state index in [-0.39, 0.29) is 5.69 Å². The summed E-state index contributed by atoms with van der Waals surface area (Å²) in [4.78, 5) is 24.1. The molecule has 0 fully saturated rings. The number of hydrogen-bond donors (Lipinski definition) is 1. The molecule has 1 aromatic carbocycles. The van der Waals surface area contributed by atoms with E-state index in [1.165, 1.54) is 6.07 Å². The number of nitro groups is 1. The van der Waals surface area contributed by atoms with Gasteiger partial charge in [-0.3, -0.25) is 14.9 Å². The molecule has 2 rings (SSSR count). The number of benzene rings is 1. The number of non-ortho nitro benzene ring substituents is 1. The average Bonchev–Trinajstić information content (AvgIpc) is 2.88. The van der Waals surface area contributed by atoms with Gasteiger partial charge < -0.3 is 14.5 Å². The highest BCUT2D eigenvalue weighted by molar-refractivity contribution is 5.92. The first-order valence-electron chi connectivity index (χ1n) is 6.59. The van der Waals surface area contributed by atoms with Gasteiger partial charge in [-0.15, -0.1) is 0 Å². The Labute approximate surface area is 121 Å². The lowest BCUT2D eigenvalue weighted by Gasteiger charge is -2.09. The number of carbonyl (C=O) groups is 1. The van der Waals surface area contributed by atoms with Gasteiger partial charge >= 0.3 is 0 Å². The van der Waals surface area contributed by atoms with Crippen molar-refractivity contribution in [3.8, 4) is 5.75 Å². The van der Waals surface area contributed by atoms with Crippen LogP contribution in [-0.4, -0.2) is 23.0 Å². The number of carbonyl (C=O) groups excluding carboxylic acids is 1. The Hall–Kier alpha value is -2.57. The summed E-state index contributed by atoms with van der Waals surface area (Å²) in [6.07, 6.45) is 1.91. The molecule has 1 heterocycles. The quantitative estimate of drug-likeness (QED) is 0.480. The van der Waals surface area contributed by atoms with Gasteiger partial charge in [-0.05, 0) is 19.4 Å². The maximum atomic E-state index is 11.2. The molecule has 1 aromatic heterocycles. The lowest BCUT2D eigenvalue weighted by molar-refractivity contribution is -0.383. The van der Waals surface area contributed by atoms with Crippen molar-refractivity contribution in [3.63, 3.8) is 0 Å². The predicted octanol–water partition coefficient (Wildman–Crippen LogP) is 3.10. The number of rotatable bonds is 7. The van der Waals surface area contributed by atoms with Gasteiger partial charge in [-0.2, -0.15) is 0 Å². The van der Waals surface area contributed by atoms with Gasteiger partial charge in [0.15, 0.2) is 0 Å². The van der Waals surface area contributed by atoms with Gasteiger partial charge in [0.25, 0.3) is 12.2 Å². The molecule has 112 valence electrons. The highest BCUT2D eigenvalue weighted by Gasteiger charge is 2.21. The summed E-state index contributed by atoms with van der Waals surface area (Å²) < 4.78 is 10.4. The number of nitrogens with zero attached hydrogens (tertiary/aromatic N) is 1. The summed E-state index contributed by atoms with van der Waals surface area (Å²) in [5.41, 5.74) is 0.991. The van der Waals surface area contributed by atoms with E-state index in [2.05, 4.69) is 4.98 Å². The average molecular weight is 292 g/mol. The zero-order valence-electron chi connectivity index (χ0n) is 11.8. The molecule has 0 spiro atoms. The first kappa shape index (κ1) is 14.8. The third kappa shape index (κ3) is 2.96. The number of nitro benzene ring substituents is 1. The van der Waals surface area contributed by atoms with Crippen LogP contribution in [0, 0.1) is 10.1 Å². The largest absolute Gasteiger partial charge is 0.493 e. The summed E-state index contributed by atoms with van der Waals surface area (Å²) in [6, 6.07) is 3.11. The van der Waals surface area contributed by atoms with Gasteiger partial charge in [0.1, 0.15) is 17.4 Å². The molecule has 0 amide bonds. The molecule has 1 N–H and O–H groups in total. The lowest BCUT2D eigenvalue weighted by Crippen LogP contribution is -1.99. The molecule has 7 nitrogen and oxygen atoms in total. The van der Waals surface area contributed by atoms with Crippen LogP contribution in [-0.2, 0) is 9.53 Å². The summed E-state index contributed by atoms with van der Waals surface area (Å²) in [7, 11) is 0. The second kappa shape index (κ2) is 6.25. The molecular formula is C14H16N2O5. The number of aromatic nitrogens is 1. The Morgan fingerprint density at radius 1 is 1.48 bits per heavy atom. The minimum Gasteiger partial charge on any atom is -0.493 e. The molecule has 0 saturated carbocycles. The van der Waals surface area contributed by atoms with E-state index < -0.39 is 11.0 Å². The fourth-order valence-electron chi connectivity index (χ4n) is 2.15. The number of hydrogen-bond acceptors (Lipinski definition) is 5. The third-order valence-electron chi connectivity index (χ3n) is 3.14. The second-order valence-corrected chi connectivity index (χ2v) is 4.59. The second-order valence-electron chi connectivity index (χ2n) is 4.59. The zero-order valence-corrected chi connectivity index (χ0v) is 11.8. The first-order chi connectivity index (χ1) is 10.1. The van der Waals surface area contributed by atoms with Crippen molar-refractivity contribution >= 4 is 23.1 Å². The maximum Gasteiger partial charge on any atom is 0.296 e. The number of fused-ring (bicyclic) bond motifs is 1. The topological polar surface area (TPSA) is 94.5 Å². The van der Waals surface area contributed by atoms with Crippen LogP contribution in [0.1, 0.15) is 31.9 Å². The van der Waals surface area contributed by atoms with E-state index in [1.807, 2.05) is 6.92 Å². The molecular weight excluding hydrogens is 276 g/mol. The molecule has 0 radical (unpaired) electrons. The van der Waals surface area contributed by atoms with E-state index >= 15 is 0 Å². The molecule has 1 unspecified atom stereocenters. The van der Waals surface area contributed by atoms with E-state index in [4.69, 9.17) is 9.47 Å². The Bertz CT molecular complexity index is 665. The molecule has 0 saturated heterocycles. The number of H-pyrrole nitrogens is 1. The van der Waals surface area contributed by atoms with Gasteiger partial charge in [0, 0.05) is 17.1 Å². The molecule has 0 aliphatic carbocycles. The molecule has 0 bridgehead atoms. The van der Waals surface area contributed by atoms with Crippen molar-refractivity contribution < 1.29 is 19.2 Å². The third-order valence-corrected chi connectivity index (χ3v) is 3.14. The van der Waals surface area contributed by atoms with Crippen LogP contribution < -0.4 is 4.74 Å². The van der Waals surface area contributed by atoms with Gasteiger partial charge in [0.05, 0.1) is 17.6 Å². The fraction of sp³-hybridized carbons (Fsp3) is 0.357. The predicted molar refractivity (Wildman–Crippen MR) is 76.3 cm³/mol. The molecule has 7 heteroatoms. The highest BCUT2D eigenvalue weighted by Crippen LogP contribution is 2.35. The van der Waals surface area contributed by atoms with Crippen LogP contribution in [0.5, 0.6) is 5.75 Å². The minimum atomic E-state index is -0.503. The van der Waals surface area contributed by atoms with E-state index in [1.54, 1.807) is 19.2 Å². The van der Waals surface area contributed by atoms with Crippen LogP contribution in [0.2, 0.25) is 0 Å². The van der Waals surface area contributed by atoms with Gasteiger partial charge in [-0.25, -0.2) is 0 Å². The number of nitrogens with one attached hydrogen (secondary N) is 1. The van der Waals surface area contributed by atoms with E-state index in [9.17, 15) is 14.9 Å². The Balaban J connectivity index is 2.56. The van der Waals surface area contributed by atoms with Gasteiger partial charge in [0.2, 0.25) is 0 Å². The van der Waals surface area contributed by atoms with Crippen LogP contribution in [0.3, 0.4) is 0 Å². The molecule has 1 atom stereocenters. The summed E-state index contributed by atoms with van der Waals surface area (Å²) >= 11 is 0. The minimum absolute atomic E-state index is 0.0665. The SMILES string of the molecule is CCCOc1cc([N+](=O)[O-])c2[nH]cc(C(C)OC=O)c2c1. The van der Waals surface area contributed by atoms with Crippen molar-refractivity contribution in [2.45, 2.75) is 26.4 Å². The summed E-state index contributed by atoms with van der Waals surface area (Å²) in [5.74, 6) is 0.426. The fourth-order valence-corrected chi connectivity index (χ4v) is 2.15.